The van der Waals surface area contributed by atoms with Gasteiger partial charge in [0.1, 0.15) is 30.0 Å². The fourth-order valence-electron chi connectivity index (χ4n) is 4.42. The number of ether oxygens (including phenoxy) is 2. The standard InChI is InChI=1S/C27H29NO3S/c29-22-12-8-20(9-13-22)26-27(32-25-7-3-2-6-24(25)31-26)21-10-14-23(15-11-21)30-19-18-28-16-4-1-5-17-28/h2-3,6-15,26-27,29H,1,4-5,16-19H2/t26-,27+/m0/s1. The second-order valence-electron chi connectivity index (χ2n) is 8.43. The zero-order valence-electron chi connectivity index (χ0n) is 18.2. The molecule has 2 atom stereocenters. The Balaban J connectivity index is 1.31. The molecule has 0 unspecified atom stereocenters. The molecule has 4 nitrogen and oxygen atoms in total. The van der Waals surface area contributed by atoms with Crippen LogP contribution in [0.4, 0.5) is 0 Å². The average molecular weight is 448 g/mol. The van der Waals surface area contributed by atoms with Crippen molar-refractivity contribution < 1.29 is 14.6 Å². The lowest BCUT2D eigenvalue weighted by Crippen LogP contribution is -2.33. The van der Waals surface area contributed by atoms with Crippen LogP contribution in [-0.4, -0.2) is 36.2 Å². The van der Waals surface area contributed by atoms with Crippen molar-refractivity contribution in [1.29, 1.82) is 0 Å². The first-order valence-electron chi connectivity index (χ1n) is 11.4. The number of fused-ring (bicyclic) bond motifs is 1. The number of thioether (sulfide) groups is 1. The molecular weight excluding hydrogens is 418 g/mol. The van der Waals surface area contributed by atoms with Crippen LogP contribution in [0.15, 0.2) is 77.7 Å². The number of para-hydroxylation sites is 1. The van der Waals surface area contributed by atoms with Gasteiger partial charge >= 0.3 is 0 Å². The lowest BCUT2D eigenvalue weighted by Gasteiger charge is -2.34. The number of aromatic hydroxyl groups is 1. The lowest BCUT2D eigenvalue weighted by molar-refractivity contribution is 0.183. The Labute approximate surface area is 194 Å². The molecule has 1 fully saturated rings. The van der Waals surface area contributed by atoms with E-state index in [1.807, 2.05) is 42.1 Å². The Hall–Kier alpha value is -2.63. The van der Waals surface area contributed by atoms with E-state index in [2.05, 4.69) is 35.2 Å². The third kappa shape index (κ3) is 4.89. The van der Waals surface area contributed by atoms with Crippen LogP contribution in [0, 0.1) is 0 Å². The Bertz CT molecular complexity index is 1020. The van der Waals surface area contributed by atoms with Gasteiger partial charge in [0.15, 0.2) is 0 Å². The highest BCUT2D eigenvalue weighted by Crippen LogP contribution is 2.53. The first-order valence-corrected chi connectivity index (χ1v) is 12.3. The second kappa shape index (κ2) is 9.88. The fourth-order valence-corrected chi connectivity index (χ4v) is 5.71. The SMILES string of the molecule is Oc1ccc([C@@H]2Oc3ccccc3S[C@@H]2c2ccc(OCCN3CCCCC3)cc2)cc1. The molecule has 166 valence electrons. The van der Waals surface area contributed by atoms with Crippen molar-refractivity contribution in [3.63, 3.8) is 0 Å². The Morgan fingerprint density at radius 2 is 1.59 bits per heavy atom. The first kappa shape index (κ1) is 21.2. The normalized spacial score (nSPS) is 20.9. The summed E-state index contributed by atoms with van der Waals surface area (Å²) in [5, 5.41) is 9.83. The van der Waals surface area contributed by atoms with E-state index < -0.39 is 0 Å². The van der Waals surface area contributed by atoms with Crippen molar-refractivity contribution in [3.8, 4) is 17.2 Å². The Kier molecular flexibility index (Phi) is 6.56. The van der Waals surface area contributed by atoms with E-state index in [-0.39, 0.29) is 17.1 Å². The number of piperidine rings is 1. The van der Waals surface area contributed by atoms with Crippen molar-refractivity contribution in [2.75, 3.05) is 26.2 Å². The molecule has 0 amide bonds. The molecule has 0 aromatic heterocycles. The van der Waals surface area contributed by atoms with Gasteiger partial charge in [0.05, 0.1) is 10.1 Å². The number of hydrogen-bond acceptors (Lipinski definition) is 5. The average Bonchev–Trinajstić information content (AvgIpc) is 2.85. The minimum atomic E-state index is -0.138. The number of phenolic OH excluding ortho intramolecular Hbond substituents is 1. The predicted molar refractivity (Wildman–Crippen MR) is 129 cm³/mol. The molecule has 5 rings (SSSR count). The monoisotopic (exact) mass is 447 g/mol. The zero-order chi connectivity index (χ0) is 21.8. The van der Waals surface area contributed by atoms with Crippen LogP contribution in [0.1, 0.15) is 41.7 Å². The number of nitrogens with zero attached hydrogens (tertiary/aromatic N) is 1. The van der Waals surface area contributed by atoms with Crippen molar-refractivity contribution in [2.24, 2.45) is 0 Å². The quantitative estimate of drug-likeness (QED) is 0.486. The summed E-state index contributed by atoms with van der Waals surface area (Å²) in [6, 6.07) is 24.0. The van der Waals surface area contributed by atoms with Crippen molar-refractivity contribution in [2.45, 2.75) is 35.5 Å². The van der Waals surface area contributed by atoms with E-state index in [0.29, 0.717) is 0 Å². The highest BCUT2D eigenvalue weighted by Gasteiger charge is 2.33. The van der Waals surface area contributed by atoms with Gasteiger partial charge in [-0.15, -0.1) is 11.8 Å². The maximum absolute atomic E-state index is 9.72. The van der Waals surface area contributed by atoms with Crippen LogP contribution in [0.2, 0.25) is 0 Å². The fraction of sp³-hybridized carbons (Fsp3) is 0.333. The largest absolute Gasteiger partial charge is 0.508 e. The van der Waals surface area contributed by atoms with Crippen LogP contribution >= 0.6 is 11.8 Å². The van der Waals surface area contributed by atoms with E-state index in [1.165, 1.54) is 37.9 Å². The van der Waals surface area contributed by atoms with Gasteiger partial charge in [0.2, 0.25) is 0 Å². The molecule has 2 heterocycles. The smallest absolute Gasteiger partial charge is 0.140 e. The van der Waals surface area contributed by atoms with E-state index >= 15 is 0 Å². The zero-order valence-corrected chi connectivity index (χ0v) is 19.0. The summed E-state index contributed by atoms with van der Waals surface area (Å²) < 4.78 is 12.5. The van der Waals surface area contributed by atoms with E-state index in [0.717, 1.165) is 35.1 Å². The summed E-state index contributed by atoms with van der Waals surface area (Å²) in [5.74, 6) is 2.08. The molecule has 3 aromatic carbocycles. The predicted octanol–water partition coefficient (Wildman–Crippen LogP) is 6.22. The van der Waals surface area contributed by atoms with Gasteiger partial charge in [-0.3, -0.25) is 4.90 Å². The molecule has 5 heteroatoms. The van der Waals surface area contributed by atoms with Gasteiger partial charge in [0.25, 0.3) is 0 Å². The van der Waals surface area contributed by atoms with Crippen LogP contribution in [0.3, 0.4) is 0 Å². The number of phenols is 1. The summed E-state index contributed by atoms with van der Waals surface area (Å²) in [6.07, 6.45) is 3.83. The third-order valence-corrected chi connectivity index (χ3v) is 7.55. The van der Waals surface area contributed by atoms with Gasteiger partial charge < -0.3 is 14.6 Å². The molecule has 2 aliphatic rings. The first-order chi connectivity index (χ1) is 15.8. The van der Waals surface area contributed by atoms with Crippen molar-refractivity contribution >= 4 is 11.8 Å². The van der Waals surface area contributed by atoms with E-state index in [9.17, 15) is 5.11 Å². The van der Waals surface area contributed by atoms with Gasteiger partial charge in [-0.2, -0.15) is 0 Å². The van der Waals surface area contributed by atoms with Gasteiger partial charge in [-0.25, -0.2) is 0 Å². The van der Waals surface area contributed by atoms with Gasteiger partial charge in [-0.1, -0.05) is 42.8 Å². The van der Waals surface area contributed by atoms with Crippen LogP contribution < -0.4 is 9.47 Å². The number of rotatable bonds is 6. The number of hydrogen-bond donors (Lipinski definition) is 1. The summed E-state index contributed by atoms with van der Waals surface area (Å²) in [5.41, 5.74) is 2.25. The molecule has 0 saturated carbocycles. The molecule has 3 aromatic rings. The third-order valence-electron chi connectivity index (χ3n) is 6.19. The molecule has 1 N–H and O–H groups in total. The molecule has 0 spiro atoms. The minimum absolute atomic E-state index is 0.108. The van der Waals surface area contributed by atoms with Crippen LogP contribution in [0.25, 0.3) is 0 Å². The Morgan fingerprint density at radius 3 is 2.38 bits per heavy atom. The number of benzene rings is 3. The minimum Gasteiger partial charge on any atom is -0.508 e. The highest BCUT2D eigenvalue weighted by molar-refractivity contribution is 7.99. The molecule has 0 bridgehead atoms. The topological polar surface area (TPSA) is 41.9 Å². The van der Waals surface area contributed by atoms with Crippen molar-refractivity contribution in [3.05, 3.63) is 83.9 Å². The summed E-state index contributed by atoms with van der Waals surface area (Å²) in [7, 11) is 0. The van der Waals surface area contributed by atoms with Crippen LogP contribution in [-0.2, 0) is 0 Å². The highest BCUT2D eigenvalue weighted by atomic mass is 32.2. The van der Waals surface area contributed by atoms with E-state index in [1.54, 1.807) is 12.1 Å². The molecule has 0 radical (unpaired) electrons. The summed E-state index contributed by atoms with van der Waals surface area (Å²) >= 11 is 1.82. The molecular formula is C27H29NO3S. The molecule has 1 saturated heterocycles. The maximum atomic E-state index is 9.72. The Morgan fingerprint density at radius 1 is 0.875 bits per heavy atom. The summed E-state index contributed by atoms with van der Waals surface area (Å²) in [6.45, 7) is 4.11. The number of likely N-dealkylation sites (tertiary alicyclic amines) is 1. The van der Waals surface area contributed by atoms with E-state index in [4.69, 9.17) is 9.47 Å². The molecule has 0 aliphatic carbocycles. The molecule has 2 aliphatic heterocycles. The summed E-state index contributed by atoms with van der Waals surface area (Å²) in [4.78, 5) is 3.64. The second-order valence-corrected chi connectivity index (χ2v) is 9.62. The van der Waals surface area contributed by atoms with Crippen LogP contribution in [0.5, 0.6) is 17.2 Å². The van der Waals surface area contributed by atoms with Gasteiger partial charge in [-0.05, 0) is 73.5 Å². The van der Waals surface area contributed by atoms with Gasteiger partial charge in [0, 0.05) is 6.54 Å². The molecule has 32 heavy (non-hydrogen) atoms. The van der Waals surface area contributed by atoms with Crippen molar-refractivity contribution in [1.82, 2.24) is 4.90 Å². The maximum Gasteiger partial charge on any atom is 0.140 e. The lowest BCUT2D eigenvalue weighted by atomic mass is 10.00.